The summed E-state index contributed by atoms with van der Waals surface area (Å²) < 4.78 is 26.4. The molecule has 0 atom stereocenters. The molecule has 4 nitrogen and oxygen atoms in total. The average Bonchev–Trinajstić information content (AvgIpc) is 2.21. The van der Waals surface area contributed by atoms with E-state index < -0.39 is 29.0 Å². The van der Waals surface area contributed by atoms with Gasteiger partial charge in [-0.05, 0) is 19.1 Å². The van der Waals surface area contributed by atoms with Gasteiger partial charge in [0.1, 0.15) is 11.6 Å². The predicted octanol–water partition coefficient (Wildman–Crippen LogP) is 1.58. The lowest BCUT2D eigenvalue weighted by Gasteiger charge is -2.06. The van der Waals surface area contributed by atoms with Crippen LogP contribution < -0.4 is 11.1 Å². The Labute approximate surface area is 96.1 Å². The van der Waals surface area contributed by atoms with Crippen LogP contribution in [0.1, 0.15) is 17.3 Å². The summed E-state index contributed by atoms with van der Waals surface area (Å²) in [5.74, 6) is -3.68. The van der Waals surface area contributed by atoms with Gasteiger partial charge >= 0.3 is 0 Å². The molecule has 0 unspecified atom stereocenters. The average molecular weight is 240 g/mol. The molecule has 0 spiro atoms. The molecule has 0 aliphatic carbocycles. The van der Waals surface area contributed by atoms with E-state index in [1.54, 1.807) is 6.92 Å². The Morgan fingerprint density at radius 3 is 2.47 bits per heavy atom. The van der Waals surface area contributed by atoms with Crippen molar-refractivity contribution >= 4 is 17.5 Å². The van der Waals surface area contributed by atoms with Crippen LogP contribution in [0.3, 0.4) is 0 Å². The lowest BCUT2D eigenvalue weighted by molar-refractivity contribution is -0.111. The first kappa shape index (κ1) is 12.8. The third kappa shape index (κ3) is 3.10. The molecule has 1 aromatic rings. The molecule has 0 aromatic heterocycles. The molecule has 0 aliphatic heterocycles. The van der Waals surface area contributed by atoms with Crippen molar-refractivity contribution in [3.8, 4) is 0 Å². The summed E-state index contributed by atoms with van der Waals surface area (Å²) in [7, 11) is 0. The molecule has 0 saturated carbocycles. The number of anilines is 1. The Bertz CT molecular complexity index is 498. The minimum Gasteiger partial charge on any atom is -0.366 e. The van der Waals surface area contributed by atoms with Crippen molar-refractivity contribution in [2.45, 2.75) is 6.92 Å². The highest BCUT2D eigenvalue weighted by atomic mass is 19.1. The minimum atomic E-state index is -1.07. The fraction of sp³-hybridized carbons (Fsp3) is 0.0909. The van der Waals surface area contributed by atoms with Gasteiger partial charge in [0.15, 0.2) is 0 Å². The fourth-order valence-corrected chi connectivity index (χ4v) is 1.16. The van der Waals surface area contributed by atoms with Gasteiger partial charge in [-0.1, -0.05) is 6.08 Å². The third-order valence-corrected chi connectivity index (χ3v) is 1.90. The minimum absolute atomic E-state index is 0.302. The molecule has 1 aromatic carbocycles. The number of nitrogens with two attached hydrogens (primary N) is 1. The van der Waals surface area contributed by atoms with Gasteiger partial charge in [-0.2, -0.15) is 0 Å². The van der Waals surface area contributed by atoms with Gasteiger partial charge in [0, 0.05) is 6.07 Å². The zero-order valence-corrected chi connectivity index (χ0v) is 8.96. The van der Waals surface area contributed by atoms with E-state index in [2.05, 4.69) is 5.32 Å². The number of benzene rings is 1. The van der Waals surface area contributed by atoms with Crippen LogP contribution in [0, 0.1) is 11.6 Å². The van der Waals surface area contributed by atoms with Crippen molar-refractivity contribution in [3.63, 3.8) is 0 Å². The highest BCUT2D eigenvalue weighted by Crippen LogP contribution is 2.19. The summed E-state index contributed by atoms with van der Waals surface area (Å²) >= 11 is 0. The SMILES string of the molecule is CC=CC(=O)Nc1cc(C(N)=O)c(F)cc1F. The van der Waals surface area contributed by atoms with Gasteiger partial charge in [0.25, 0.3) is 5.91 Å². The van der Waals surface area contributed by atoms with Gasteiger partial charge in [-0.15, -0.1) is 0 Å². The number of nitrogens with one attached hydrogen (secondary N) is 1. The molecule has 0 aliphatic rings. The van der Waals surface area contributed by atoms with Gasteiger partial charge in [0.2, 0.25) is 5.91 Å². The third-order valence-electron chi connectivity index (χ3n) is 1.90. The van der Waals surface area contributed by atoms with E-state index in [-0.39, 0.29) is 5.69 Å². The topological polar surface area (TPSA) is 72.2 Å². The first-order valence-electron chi connectivity index (χ1n) is 4.68. The molecule has 0 fully saturated rings. The van der Waals surface area contributed by atoms with E-state index in [1.807, 2.05) is 0 Å². The molecular formula is C11H10F2N2O2. The van der Waals surface area contributed by atoms with E-state index in [9.17, 15) is 18.4 Å². The van der Waals surface area contributed by atoms with Gasteiger partial charge in [-0.25, -0.2) is 8.78 Å². The second-order valence-corrected chi connectivity index (χ2v) is 3.17. The molecule has 2 amide bonds. The van der Waals surface area contributed by atoms with Crippen LogP contribution in [0.2, 0.25) is 0 Å². The van der Waals surface area contributed by atoms with Crippen molar-refractivity contribution < 1.29 is 18.4 Å². The molecule has 0 saturated heterocycles. The molecule has 3 N–H and O–H groups in total. The Kier molecular flexibility index (Phi) is 3.92. The number of hydrogen-bond donors (Lipinski definition) is 2. The molecule has 0 bridgehead atoms. The van der Waals surface area contributed by atoms with Crippen LogP contribution in [0.4, 0.5) is 14.5 Å². The van der Waals surface area contributed by atoms with Crippen molar-refractivity contribution in [1.29, 1.82) is 0 Å². The normalized spacial score (nSPS) is 10.5. The second-order valence-electron chi connectivity index (χ2n) is 3.17. The molecule has 0 heterocycles. The monoisotopic (exact) mass is 240 g/mol. The first-order valence-corrected chi connectivity index (χ1v) is 4.68. The van der Waals surface area contributed by atoms with Crippen molar-refractivity contribution in [2.75, 3.05) is 5.32 Å². The number of allylic oxidation sites excluding steroid dienone is 1. The van der Waals surface area contributed by atoms with Crippen LogP contribution in [0.25, 0.3) is 0 Å². The van der Waals surface area contributed by atoms with Crippen LogP contribution >= 0.6 is 0 Å². The summed E-state index contributed by atoms with van der Waals surface area (Å²) in [6.07, 6.45) is 2.61. The Morgan fingerprint density at radius 1 is 1.29 bits per heavy atom. The van der Waals surface area contributed by atoms with E-state index in [4.69, 9.17) is 5.73 Å². The van der Waals surface area contributed by atoms with Gasteiger partial charge < -0.3 is 11.1 Å². The first-order chi connectivity index (χ1) is 7.95. The number of rotatable bonds is 3. The number of carbonyl (C=O) groups excluding carboxylic acids is 2. The molecule has 17 heavy (non-hydrogen) atoms. The lowest BCUT2D eigenvalue weighted by Crippen LogP contribution is -2.16. The number of carbonyl (C=O) groups is 2. The number of amides is 2. The maximum Gasteiger partial charge on any atom is 0.251 e. The molecular weight excluding hydrogens is 230 g/mol. The molecule has 90 valence electrons. The standard InChI is InChI=1S/C11H10F2N2O2/c1-2-3-10(16)15-9-4-6(11(14)17)7(12)5-8(9)13/h2-5H,1H3,(H2,14,17)(H,15,16). The van der Waals surface area contributed by atoms with Gasteiger partial charge in [-0.3, -0.25) is 9.59 Å². The lowest BCUT2D eigenvalue weighted by atomic mass is 10.1. The second kappa shape index (κ2) is 5.20. The summed E-state index contributed by atoms with van der Waals surface area (Å²) in [5.41, 5.74) is 4.11. The smallest absolute Gasteiger partial charge is 0.251 e. The van der Waals surface area contributed by atoms with E-state index >= 15 is 0 Å². The predicted molar refractivity (Wildman–Crippen MR) is 58.3 cm³/mol. The Hall–Kier alpha value is -2.24. The summed E-state index contributed by atoms with van der Waals surface area (Å²) in [4.78, 5) is 22.0. The quantitative estimate of drug-likeness (QED) is 0.787. The fourth-order valence-electron chi connectivity index (χ4n) is 1.16. The highest BCUT2D eigenvalue weighted by Gasteiger charge is 2.14. The zero-order chi connectivity index (χ0) is 13.0. The molecule has 1 rings (SSSR count). The number of hydrogen-bond acceptors (Lipinski definition) is 2. The van der Waals surface area contributed by atoms with Crippen molar-refractivity contribution in [2.24, 2.45) is 5.73 Å². The van der Waals surface area contributed by atoms with Crippen molar-refractivity contribution in [1.82, 2.24) is 0 Å². The van der Waals surface area contributed by atoms with Crippen molar-refractivity contribution in [3.05, 3.63) is 41.5 Å². The maximum absolute atomic E-state index is 13.3. The Balaban J connectivity index is 3.12. The van der Waals surface area contributed by atoms with E-state index in [0.717, 1.165) is 12.1 Å². The summed E-state index contributed by atoms with van der Waals surface area (Å²) in [6, 6.07) is 1.35. The van der Waals surface area contributed by atoms with E-state index in [1.165, 1.54) is 6.08 Å². The number of halogens is 2. The largest absolute Gasteiger partial charge is 0.366 e. The van der Waals surface area contributed by atoms with Crippen LogP contribution in [0.15, 0.2) is 24.3 Å². The van der Waals surface area contributed by atoms with E-state index in [0.29, 0.717) is 6.07 Å². The number of primary amides is 1. The van der Waals surface area contributed by atoms with Crippen LogP contribution in [-0.4, -0.2) is 11.8 Å². The summed E-state index contributed by atoms with van der Waals surface area (Å²) in [6.45, 7) is 1.61. The van der Waals surface area contributed by atoms with Gasteiger partial charge in [0.05, 0.1) is 11.3 Å². The zero-order valence-electron chi connectivity index (χ0n) is 8.96. The van der Waals surface area contributed by atoms with Crippen LogP contribution in [-0.2, 0) is 4.79 Å². The van der Waals surface area contributed by atoms with Crippen LogP contribution in [0.5, 0.6) is 0 Å². The maximum atomic E-state index is 13.3. The molecule has 0 radical (unpaired) electrons. The summed E-state index contributed by atoms with van der Waals surface area (Å²) in [5, 5.41) is 2.16. The highest BCUT2D eigenvalue weighted by molar-refractivity contribution is 6.01. The Morgan fingerprint density at radius 2 is 1.94 bits per heavy atom. The molecule has 6 heteroatoms.